The number of anilines is 4. The second kappa shape index (κ2) is 14.9. The number of nitrogens with zero attached hydrogens (tertiary/aromatic N) is 4. The summed E-state index contributed by atoms with van der Waals surface area (Å²) in [4.78, 5) is 10.1. The van der Waals surface area contributed by atoms with E-state index in [9.17, 15) is 0 Å². The Balaban J connectivity index is 0.998. The van der Waals surface area contributed by atoms with Crippen molar-refractivity contribution in [1.82, 2.24) is 9.55 Å². The van der Waals surface area contributed by atoms with Crippen molar-refractivity contribution in [2.75, 3.05) is 16.5 Å². The summed E-state index contributed by atoms with van der Waals surface area (Å²) in [5.74, 6) is 2.53. The third kappa shape index (κ3) is 6.59. The van der Waals surface area contributed by atoms with Crippen molar-refractivity contribution in [2.45, 2.75) is 33.1 Å². The van der Waals surface area contributed by atoms with Crippen molar-refractivity contribution in [3.05, 3.63) is 191 Å². The first-order chi connectivity index (χ1) is 29.8. The molecule has 4 heterocycles. The van der Waals surface area contributed by atoms with Crippen molar-refractivity contribution in [2.24, 2.45) is 0 Å². The standard InChI is InChI=1S/C55H44N4OTe/c1-36-30-52(56-54-43(36)28-29-61-54)59-48-23-12-11-22-44(48)45-27-26-42(34-51(45)59)60-41-21-15-20-40(33-41)57-35-58(50-25-14-13-24-49(50)57)53-46(37-16-7-5-8-17-37)31-39(55(2,3)4)32-47(53)38-18-9-6-10-19-38/h5-34H,35H2,1-4H3. The summed E-state index contributed by atoms with van der Waals surface area (Å²) >= 11 is -0.423. The number of fused-ring (bicyclic) bond motifs is 5. The van der Waals surface area contributed by atoms with E-state index in [1.165, 1.54) is 64.4 Å². The first-order valence-corrected chi connectivity index (χ1v) is 23.4. The minimum absolute atomic E-state index is 0.0431. The molecule has 3 aromatic heterocycles. The fraction of sp³-hybridized carbons (Fsp3) is 0.109. The summed E-state index contributed by atoms with van der Waals surface area (Å²) < 4.78 is 12.7. The molecule has 1 aliphatic rings. The molecule has 11 rings (SSSR count). The second-order valence-corrected chi connectivity index (χ2v) is 19.5. The van der Waals surface area contributed by atoms with Crippen LogP contribution in [0.15, 0.2) is 180 Å². The molecule has 10 aromatic rings. The third-order valence-corrected chi connectivity index (χ3v) is 14.3. The number of ether oxygens (including phenoxy) is 1. The van der Waals surface area contributed by atoms with E-state index >= 15 is 0 Å². The van der Waals surface area contributed by atoms with Crippen LogP contribution in [-0.2, 0) is 5.41 Å². The van der Waals surface area contributed by atoms with Gasteiger partial charge in [-0.1, -0.05) is 93.6 Å². The predicted octanol–water partition coefficient (Wildman–Crippen LogP) is 14.4. The van der Waals surface area contributed by atoms with Gasteiger partial charge in [-0.2, -0.15) is 0 Å². The van der Waals surface area contributed by atoms with Gasteiger partial charge in [0.05, 0.1) is 17.1 Å². The van der Waals surface area contributed by atoms with Gasteiger partial charge in [0.25, 0.3) is 0 Å². The molecule has 296 valence electrons. The van der Waals surface area contributed by atoms with Gasteiger partial charge in [-0.25, -0.2) is 0 Å². The summed E-state index contributed by atoms with van der Waals surface area (Å²) in [5.41, 5.74) is 14.2. The van der Waals surface area contributed by atoms with Crippen LogP contribution in [-0.4, -0.2) is 36.7 Å². The molecular weight excluding hydrogens is 860 g/mol. The van der Waals surface area contributed by atoms with Gasteiger partial charge in [0, 0.05) is 11.1 Å². The van der Waals surface area contributed by atoms with E-state index in [0.29, 0.717) is 6.67 Å². The van der Waals surface area contributed by atoms with Crippen molar-refractivity contribution >= 4 is 73.9 Å². The second-order valence-electron chi connectivity index (χ2n) is 17.0. The Morgan fingerprint density at radius 1 is 0.557 bits per heavy atom. The van der Waals surface area contributed by atoms with Gasteiger partial charge >= 0.3 is 189 Å². The normalized spacial score (nSPS) is 12.8. The van der Waals surface area contributed by atoms with Crippen LogP contribution in [0.1, 0.15) is 31.9 Å². The Bertz CT molecular complexity index is 3210. The van der Waals surface area contributed by atoms with Crippen LogP contribution >= 0.6 is 0 Å². The van der Waals surface area contributed by atoms with E-state index in [4.69, 9.17) is 9.72 Å². The van der Waals surface area contributed by atoms with E-state index in [1.54, 1.807) is 0 Å². The van der Waals surface area contributed by atoms with Gasteiger partial charge in [0.15, 0.2) is 0 Å². The molecule has 0 unspecified atom stereocenters. The molecule has 0 N–H and O–H groups in total. The summed E-state index contributed by atoms with van der Waals surface area (Å²) in [6.07, 6.45) is 0. The number of hydrogen-bond acceptors (Lipinski definition) is 4. The van der Waals surface area contributed by atoms with E-state index in [-0.39, 0.29) is 5.41 Å². The first kappa shape index (κ1) is 37.4. The molecule has 0 radical (unpaired) electrons. The van der Waals surface area contributed by atoms with Crippen molar-refractivity contribution < 1.29 is 4.74 Å². The Kier molecular flexibility index (Phi) is 9.11. The molecule has 0 amide bonds. The van der Waals surface area contributed by atoms with Crippen LogP contribution in [0.3, 0.4) is 0 Å². The summed E-state index contributed by atoms with van der Waals surface area (Å²) in [6, 6.07) is 63.4. The molecule has 0 saturated carbocycles. The number of pyridine rings is 1. The molecule has 7 aromatic carbocycles. The number of benzene rings is 7. The topological polar surface area (TPSA) is 33.5 Å². The van der Waals surface area contributed by atoms with Gasteiger partial charge in [-0.15, -0.1) is 0 Å². The fourth-order valence-electron chi connectivity index (χ4n) is 8.98. The van der Waals surface area contributed by atoms with Crippen LogP contribution in [0, 0.1) is 6.92 Å². The molecule has 0 fully saturated rings. The van der Waals surface area contributed by atoms with Crippen LogP contribution in [0.25, 0.3) is 58.8 Å². The van der Waals surface area contributed by atoms with Crippen molar-refractivity contribution in [3.63, 3.8) is 0 Å². The first-order valence-electron chi connectivity index (χ1n) is 20.9. The maximum absolute atomic E-state index is 6.79. The fourth-order valence-corrected chi connectivity index (χ4v) is 11.4. The zero-order chi connectivity index (χ0) is 41.2. The summed E-state index contributed by atoms with van der Waals surface area (Å²) in [7, 11) is 0. The van der Waals surface area contributed by atoms with Crippen LogP contribution in [0.2, 0.25) is 0 Å². The summed E-state index contributed by atoms with van der Waals surface area (Å²) in [5, 5.41) is 3.68. The zero-order valence-corrected chi connectivity index (χ0v) is 37.0. The molecule has 5 nitrogen and oxygen atoms in total. The monoisotopic (exact) mass is 906 g/mol. The van der Waals surface area contributed by atoms with Crippen LogP contribution < -0.4 is 14.5 Å². The molecule has 0 spiro atoms. The zero-order valence-electron chi connectivity index (χ0n) is 34.6. The van der Waals surface area contributed by atoms with Crippen molar-refractivity contribution in [3.8, 4) is 39.6 Å². The molecular formula is C55H44N4OTe. The van der Waals surface area contributed by atoms with Crippen LogP contribution in [0.5, 0.6) is 11.5 Å². The molecule has 0 aliphatic carbocycles. The molecule has 0 saturated heterocycles. The van der Waals surface area contributed by atoms with Gasteiger partial charge in [0.1, 0.15) is 6.67 Å². The van der Waals surface area contributed by atoms with E-state index in [1.807, 2.05) is 0 Å². The van der Waals surface area contributed by atoms with Gasteiger partial charge < -0.3 is 4.90 Å². The van der Waals surface area contributed by atoms with Gasteiger partial charge in [-0.3, -0.25) is 0 Å². The van der Waals surface area contributed by atoms with Crippen LogP contribution in [0.4, 0.5) is 22.7 Å². The minimum atomic E-state index is -0.423. The Labute approximate surface area is 366 Å². The van der Waals surface area contributed by atoms with Gasteiger partial charge in [0.2, 0.25) is 0 Å². The predicted molar refractivity (Wildman–Crippen MR) is 256 cm³/mol. The number of para-hydroxylation sites is 3. The molecule has 0 atom stereocenters. The van der Waals surface area contributed by atoms with Gasteiger partial charge in [-0.05, 0) is 46.4 Å². The average Bonchev–Trinajstić information content (AvgIpc) is 4.01. The Morgan fingerprint density at radius 2 is 1.20 bits per heavy atom. The molecule has 6 heteroatoms. The Hall–Kier alpha value is -6.58. The number of hydrogen-bond donors (Lipinski definition) is 0. The number of aryl methyl sites for hydroxylation is 1. The van der Waals surface area contributed by atoms with E-state index in [0.717, 1.165) is 39.7 Å². The Morgan fingerprint density at radius 3 is 1.92 bits per heavy atom. The molecule has 61 heavy (non-hydrogen) atoms. The SMILES string of the molecule is Cc1cc(-n2c3ccccc3c3ccc(Oc4cccc(N5CN(c6c(-c7ccccc7)cc(C(C)(C)C)cc6-c6ccccc6)c6ccccc65)c4)cc32)nc2[te]ccc12. The van der Waals surface area contributed by atoms with E-state index < -0.39 is 20.4 Å². The number of aromatic nitrogens is 2. The van der Waals surface area contributed by atoms with E-state index in [2.05, 4.69) is 222 Å². The summed E-state index contributed by atoms with van der Waals surface area (Å²) in [6.45, 7) is 9.74. The average molecular weight is 905 g/mol. The maximum atomic E-state index is 6.79. The quantitative estimate of drug-likeness (QED) is 0.149. The molecule has 1 aliphatic heterocycles. The molecule has 0 bridgehead atoms. The third-order valence-electron chi connectivity index (χ3n) is 12.0. The van der Waals surface area contributed by atoms with Crippen molar-refractivity contribution in [1.29, 1.82) is 0 Å². The number of rotatable bonds is 7.